The van der Waals surface area contributed by atoms with E-state index in [2.05, 4.69) is 36.4 Å². The Kier molecular flexibility index (Phi) is 1.98. The van der Waals surface area contributed by atoms with Gasteiger partial charge in [-0.25, -0.2) is 0 Å². The van der Waals surface area contributed by atoms with Crippen LogP contribution < -0.4 is 0 Å². The number of hydrogen-bond acceptors (Lipinski definition) is 1. The maximum atomic E-state index is 11.8. The van der Waals surface area contributed by atoms with Gasteiger partial charge in [-0.05, 0) is 23.8 Å². The van der Waals surface area contributed by atoms with Gasteiger partial charge in [-0.1, -0.05) is 42.5 Å². The Balaban J connectivity index is 1.93. The fourth-order valence-corrected chi connectivity index (χ4v) is 3.00. The van der Waals surface area contributed by atoms with Crippen LogP contribution in [0.25, 0.3) is 0 Å². The highest BCUT2D eigenvalue weighted by Crippen LogP contribution is 2.46. The van der Waals surface area contributed by atoms with Crippen molar-refractivity contribution in [2.45, 2.75) is 18.8 Å². The van der Waals surface area contributed by atoms with Crippen LogP contribution in [0.1, 0.15) is 24.3 Å². The van der Waals surface area contributed by atoms with Gasteiger partial charge in [0.1, 0.15) is 5.78 Å². The van der Waals surface area contributed by atoms with Crippen LogP contribution in [-0.2, 0) is 4.79 Å². The summed E-state index contributed by atoms with van der Waals surface area (Å²) in [5, 5.41) is 0. The van der Waals surface area contributed by atoms with Gasteiger partial charge < -0.3 is 0 Å². The van der Waals surface area contributed by atoms with E-state index in [0.717, 1.165) is 12.8 Å². The van der Waals surface area contributed by atoms with E-state index in [-0.39, 0.29) is 5.92 Å². The predicted molar refractivity (Wildman–Crippen MR) is 59.5 cm³/mol. The molecule has 0 bridgehead atoms. The molecule has 0 amide bonds. The Morgan fingerprint density at radius 1 is 1.13 bits per heavy atom. The number of carbonyl (C=O) groups excluding carboxylic acids is 1. The van der Waals surface area contributed by atoms with E-state index in [9.17, 15) is 4.79 Å². The summed E-state index contributed by atoms with van der Waals surface area (Å²) in [6, 6.07) is 10.5. The molecule has 2 aliphatic carbocycles. The Morgan fingerprint density at radius 3 is 2.73 bits per heavy atom. The van der Waals surface area contributed by atoms with Crippen molar-refractivity contribution >= 4 is 5.78 Å². The summed E-state index contributed by atoms with van der Waals surface area (Å²) in [7, 11) is 0. The molecule has 0 aliphatic heterocycles. The maximum Gasteiger partial charge on any atom is 0.140 e. The highest BCUT2D eigenvalue weighted by molar-refractivity contribution is 5.87. The van der Waals surface area contributed by atoms with Gasteiger partial charge in [0.15, 0.2) is 0 Å². The second-order valence-corrected chi connectivity index (χ2v) is 4.54. The van der Waals surface area contributed by atoms with E-state index in [1.807, 2.05) is 6.07 Å². The van der Waals surface area contributed by atoms with E-state index in [4.69, 9.17) is 0 Å². The fourth-order valence-electron chi connectivity index (χ4n) is 3.00. The minimum absolute atomic E-state index is 0.218. The molecule has 0 unspecified atom stereocenters. The van der Waals surface area contributed by atoms with E-state index < -0.39 is 0 Å². The van der Waals surface area contributed by atoms with Gasteiger partial charge in [0.25, 0.3) is 0 Å². The SMILES string of the molecule is O=C1C[C@@H](c2ccccc2)[C@@H]2CC=C[C@H]12. The molecular weight excluding hydrogens is 184 g/mol. The molecule has 76 valence electrons. The second-order valence-electron chi connectivity index (χ2n) is 4.54. The summed E-state index contributed by atoms with van der Waals surface area (Å²) >= 11 is 0. The maximum absolute atomic E-state index is 11.8. The second kappa shape index (κ2) is 3.34. The molecule has 15 heavy (non-hydrogen) atoms. The van der Waals surface area contributed by atoms with Crippen LogP contribution in [0.5, 0.6) is 0 Å². The lowest BCUT2D eigenvalue weighted by Gasteiger charge is -2.17. The molecule has 0 aromatic heterocycles. The minimum Gasteiger partial charge on any atom is -0.299 e. The van der Waals surface area contributed by atoms with Crippen LogP contribution in [0.15, 0.2) is 42.5 Å². The molecule has 3 rings (SSSR count). The van der Waals surface area contributed by atoms with Gasteiger partial charge >= 0.3 is 0 Å². The highest BCUT2D eigenvalue weighted by atomic mass is 16.1. The van der Waals surface area contributed by atoms with Gasteiger partial charge in [-0.3, -0.25) is 4.79 Å². The Hall–Kier alpha value is -1.37. The van der Waals surface area contributed by atoms with Crippen molar-refractivity contribution in [3.8, 4) is 0 Å². The van der Waals surface area contributed by atoms with Crippen molar-refractivity contribution < 1.29 is 4.79 Å². The summed E-state index contributed by atoms with van der Waals surface area (Å²) < 4.78 is 0. The zero-order chi connectivity index (χ0) is 10.3. The first-order valence-corrected chi connectivity index (χ1v) is 5.60. The summed E-state index contributed by atoms with van der Waals surface area (Å²) in [6.07, 6.45) is 6.10. The standard InChI is InChI=1S/C14H14O/c15-14-9-13(10-5-2-1-3-6-10)11-7-4-8-12(11)14/h1-6,8,11-13H,7,9H2/t11-,12+,13+/m1/s1. The fraction of sp³-hybridized carbons (Fsp3) is 0.357. The first-order valence-electron chi connectivity index (χ1n) is 5.60. The Bertz CT molecular complexity index is 405. The lowest BCUT2D eigenvalue weighted by Crippen LogP contribution is -2.09. The molecule has 1 aromatic carbocycles. The number of ketones is 1. The van der Waals surface area contributed by atoms with Crippen molar-refractivity contribution in [1.82, 2.24) is 0 Å². The summed E-state index contributed by atoms with van der Waals surface area (Å²) in [5.74, 6) is 1.65. The van der Waals surface area contributed by atoms with Crippen molar-refractivity contribution in [3.63, 3.8) is 0 Å². The molecular formula is C14H14O. The van der Waals surface area contributed by atoms with Gasteiger partial charge in [-0.15, -0.1) is 0 Å². The molecule has 0 spiro atoms. The van der Waals surface area contributed by atoms with Crippen molar-refractivity contribution in [2.24, 2.45) is 11.8 Å². The molecule has 1 fully saturated rings. The molecule has 0 radical (unpaired) electrons. The number of benzene rings is 1. The zero-order valence-corrected chi connectivity index (χ0v) is 8.60. The van der Waals surface area contributed by atoms with Crippen LogP contribution >= 0.6 is 0 Å². The van der Waals surface area contributed by atoms with Gasteiger partial charge in [-0.2, -0.15) is 0 Å². The highest BCUT2D eigenvalue weighted by Gasteiger charge is 2.42. The number of carbonyl (C=O) groups is 1. The molecule has 0 N–H and O–H groups in total. The lowest BCUT2D eigenvalue weighted by atomic mass is 9.86. The molecule has 3 atom stereocenters. The van der Waals surface area contributed by atoms with Crippen LogP contribution in [0.2, 0.25) is 0 Å². The summed E-state index contributed by atoms with van der Waals surface area (Å²) in [4.78, 5) is 11.8. The van der Waals surface area contributed by atoms with Crippen LogP contribution in [-0.4, -0.2) is 5.78 Å². The van der Waals surface area contributed by atoms with E-state index in [1.165, 1.54) is 5.56 Å². The lowest BCUT2D eigenvalue weighted by molar-refractivity contribution is -0.119. The topological polar surface area (TPSA) is 17.1 Å². The third-order valence-electron chi connectivity index (χ3n) is 3.75. The first kappa shape index (κ1) is 8.90. The van der Waals surface area contributed by atoms with Crippen molar-refractivity contribution in [3.05, 3.63) is 48.0 Å². The number of fused-ring (bicyclic) bond motifs is 1. The van der Waals surface area contributed by atoms with E-state index >= 15 is 0 Å². The third kappa shape index (κ3) is 1.34. The monoisotopic (exact) mass is 198 g/mol. The molecule has 1 heteroatoms. The Morgan fingerprint density at radius 2 is 1.93 bits per heavy atom. The predicted octanol–water partition coefficient (Wildman–Crippen LogP) is 2.94. The Labute approximate surface area is 89.8 Å². The first-order chi connectivity index (χ1) is 7.36. The van der Waals surface area contributed by atoms with Gasteiger partial charge in [0, 0.05) is 12.3 Å². The smallest absolute Gasteiger partial charge is 0.140 e. The van der Waals surface area contributed by atoms with Crippen LogP contribution in [0, 0.1) is 11.8 Å². The average Bonchev–Trinajstić information content (AvgIpc) is 2.84. The summed E-state index contributed by atoms with van der Waals surface area (Å²) in [6.45, 7) is 0. The number of hydrogen-bond donors (Lipinski definition) is 0. The number of rotatable bonds is 1. The molecule has 0 heterocycles. The average molecular weight is 198 g/mol. The normalized spacial score (nSPS) is 33.3. The van der Waals surface area contributed by atoms with Crippen LogP contribution in [0.3, 0.4) is 0 Å². The summed E-state index contributed by atoms with van der Waals surface area (Å²) in [5.41, 5.74) is 1.34. The molecule has 1 aromatic rings. The van der Waals surface area contributed by atoms with Gasteiger partial charge in [0.2, 0.25) is 0 Å². The van der Waals surface area contributed by atoms with E-state index in [0.29, 0.717) is 17.6 Å². The molecule has 1 nitrogen and oxygen atoms in total. The molecule has 0 saturated heterocycles. The largest absolute Gasteiger partial charge is 0.299 e. The third-order valence-corrected chi connectivity index (χ3v) is 3.75. The minimum atomic E-state index is 0.218. The van der Waals surface area contributed by atoms with Crippen LogP contribution in [0.4, 0.5) is 0 Å². The van der Waals surface area contributed by atoms with E-state index in [1.54, 1.807) is 0 Å². The van der Waals surface area contributed by atoms with Gasteiger partial charge in [0.05, 0.1) is 0 Å². The number of allylic oxidation sites excluding steroid dienone is 2. The number of Topliss-reactive ketones (excluding diaryl/α,β-unsaturated/α-hetero) is 1. The quantitative estimate of drug-likeness (QED) is 0.634. The molecule has 1 saturated carbocycles. The van der Waals surface area contributed by atoms with Crippen molar-refractivity contribution in [2.75, 3.05) is 0 Å². The van der Waals surface area contributed by atoms with Crippen molar-refractivity contribution in [1.29, 1.82) is 0 Å². The molecule has 2 aliphatic rings. The zero-order valence-electron chi connectivity index (χ0n) is 8.60.